The van der Waals surface area contributed by atoms with Gasteiger partial charge in [-0.2, -0.15) is 0 Å². The molecule has 0 fully saturated rings. The highest BCUT2D eigenvalue weighted by Gasteiger charge is 2.24. The van der Waals surface area contributed by atoms with Crippen LogP contribution in [-0.4, -0.2) is 6.54 Å². The molecule has 1 heterocycles. The highest BCUT2D eigenvalue weighted by Crippen LogP contribution is 2.37. The topological polar surface area (TPSA) is 12.0 Å². The van der Waals surface area contributed by atoms with E-state index < -0.39 is 0 Å². The Kier molecular flexibility index (Phi) is 5.29. The van der Waals surface area contributed by atoms with Crippen molar-refractivity contribution in [2.45, 2.75) is 46.1 Å². The minimum absolute atomic E-state index is 0.147. The summed E-state index contributed by atoms with van der Waals surface area (Å²) >= 11 is 5.52. The molecule has 21 heavy (non-hydrogen) atoms. The fraction of sp³-hybridized carbons (Fsp3) is 0.444. The average Bonchev–Trinajstić information content (AvgIpc) is 2.75. The Hall–Kier alpha value is -0.640. The molecule has 0 radical (unpaired) electrons. The predicted octanol–water partition coefficient (Wildman–Crippen LogP) is 5.82. The van der Waals surface area contributed by atoms with Crippen LogP contribution in [0.4, 0.5) is 0 Å². The van der Waals surface area contributed by atoms with Gasteiger partial charge in [-0.3, -0.25) is 0 Å². The number of rotatable bonds is 4. The zero-order chi connectivity index (χ0) is 15.6. The van der Waals surface area contributed by atoms with E-state index >= 15 is 0 Å². The summed E-state index contributed by atoms with van der Waals surface area (Å²) in [4.78, 5) is 2.71. The van der Waals surface area contributed by atoms with Crippen molar-refractivity contribution < 1.29 is 0 Å². The quantitative estimate of drug-likeness (QED) is 0.719. The minimum atomic E-state index is 0.147. The van der Waals surface area contributed by atoms with E-state index in [1.54, 1.807) is 0 Å². The Morgan fingerprint density at radius 2 is 1.90 bits per heavy atom. The van der Waals surface area contributed by atoms with Gasteiger partial charge < -0.3 is 5.32 Å². The Labute approximate surface area is 140 Å². The number of aryl methyl sites for hydroxylation is 1. The van der Waals surface area contributed by atoms with Gasteiger partial charge in [0, 0.05) is 14.2 Å². The first kappa shape index (κ1) is 16.7. The molecule has 0 aliphatic rings. The number of benzene rings is 1. The van der Waals surface area contributed by atoms with Gasteiger partial charge in [0.1, 0.15) is 0 Å². The van der Waals surface area contributed by atoms with Crippen LogP contribution >= 0.6 is 27.3 Å². The molecular weight excluding hydrogens is 342 g/mol. The van der Waals surface area contributed by atoms with E-state index in [2.05, 4.69) is 86.2 Å². The number of nitrogens with one attached hydrogen (secondary N) is 1. The van der Waals surface area contributed by atoms with Crippen LogP contribution in [0.2, 0.25) is 0 Å². The Morgan fingerprint density at radius 1 is 1.24 bits per heavy atom. The van der Waals surface area contributed by atoms with E-state index in [0.717, 1.165) is 6.54 Å². The summed E-state index contributed by atoms with van der Waals surface area (Å²) in [5.41, 5.74) is 2.95. The fourth-order valence-corrected chi connectivity index (χ4v) is 4.28. The van der Waals surface area contributed by atoms with Crippen molar-refractivity contribution in [2.75, 3.05) is 6.54 Å². The third kappa shape index (κ3) is 3.77. The van der Waals surface area contributed by atoms with Crippen molar-refractivity contribution >= 4 is 27.3 Å². The molecular formula is C18H24BrNS. The van der Waals surface area contributed by atoms with Gasteiger partial charge in [-0.1, -0.05) is 52.0 Å². The molecule has 1 aromatic carbocycles. The van der Waals surface area contributed by atoms with E-state index in [-0.39, 0.29) is 11.5 Å². The Morgan fingerprint density at radius 3 is 2.43 bits per heavy atom. The largest absolute Gasteiger partial charge is 0.306 e. The van der Waals surface area contributed by atoms with E-state index in [4.69, 9.17) is 0 Å². The first-order chi connectivity index (χ1) is 9.84. The first-order valence-electron chi connectivity index (χ1n) is 7.43. The highest BCUT2D eigenvalue weighted by molar-refractivity contribution is 9.10. The fourth-order valence-electron chi connectivity index (χ4n) is 2.62. The van der Waals surface area contributed by atoms with Gasteiger partial charge in [-0.15, -0.1) is 11.3 Å². The van der Waals surface area contributed by atoms with Gasteiger partial charge in [-0.25, -0.2) is 0 Å². The molecule has 0 aliphatic heterocycles. The van der Waals surface area contributed by atoms with Crippen LogP contribution in [0.5, 0.6) is 0 Å². The number of thiophene rings is 1. The molecule has 1 N–H and O–H groups in total. The van der Waals surface area contributed by atoms with Gasteiger partial charge in [0.25, 0.3) is 0 Å². The van der Waals surface area contributed by atoms with Crippen LogP contribution in [0.15, 0.2) is 34.8 Å². The van der Waals surface area contributed by atoms with Crippen LogP contribution in [0, 0.1) is 6.92 Å². The minimum Gasteiger partial charge on any atom is -0.306 e. The van der Waals surface area contributed by atoms with E-state index in [0.29, 0.717) is 0 Å². The molecule has 2 rings (SSSR count). The van der Waals surface area contributed by atoms with Crippen molar-refractivity contribution in [2.24, 2.45) is 0 Å². The second-order valence-corrected chi connectivity index (χ2v) is 8.52. The van der Waals surface area contributed by atoms with E-state index in [9.17, 15) is 0 Å². The van der Waals surface area contributed by atoms with Crippen molar-refractivity contribution in [3.05, 3.63) is 55.7 Å². The molecule has 1 nitrogen and oxygen atoms in total. The summed E-state index contributed by atoms with van der Waals surface area (Å²) in [6.45, 7) is 12.1. The zero-order valence-electron chi connectivity index (χ0n) is 13.5. The summed E-state index contributed by atoms with van der Waals surface area (Å²) < 4.78 is 1.21. The SMILES string of the molecule is CCNC(c1cc(Br)c(C)s1)c1ccccc1C(C)(C)C. The highest BCUT2D eigenvalue weighted by atomic mass is 79.9. The molecule has 0 saturated heterocycles. The smallest absolute Gasteiger partial charge is 0.0674 e. The van der Waals surface area contributed by atoms with Crippen molar-refractivity contribution in [1.82, 2.24) is 5.32 Å². The van der Waals surface area contributed by atoms with Gasteiger partial charge in [0.2, 0.25) is 0 Å². The maximum absolute atomic E-state index is 3.66. The molecule has 1 aromatic heterocycles. The maximum atomic E-state index is 3.66. The molecule has 0 spiro atoms. The average molecular weight is 366 g/mol. The summed E-state index contributed by atoms with van der Waals surface area (Å²) in [5, 5.41) is 3.66. The second-order valence-electron chi connectivity index (χ2n) is 6.38. The van der Waals surface area contributed by atoms with Crippen LogP contribution in [-0.2, 0) is 5.41 Å². The van der Waals surface area contributed by atoms with Gasteiger partial charge in [-0.05, 0) is 52.0 Å². The number of hydrogen-bond donors (Lipinski definition) is 1. The van der Waals surface area contributed by atoms with Gasteiger partial charge >= 0.3 is 0 Å². The standard InChI is InChI=1S/C18H24BrNS/c1-6-20-17(16-11-15(19)12(2)21-16)13-9-7-8-10-14(13)18(3,4)5/h7-11,17,20H,6H2,1-5H3. The Bertz CT molecular complexity index is 590. The maximum Gasteiger partial charge on any atom is 0.0674 e. The molecule has 3 heteroatoms. The molecule has 0 saturated carbocycles. The van der Waals surface area contributed by atoms with Crippen LogP contribution in [0.25, 0.3) is 0 Å². The summed E-state index contributed by atoms with van der Waals surface area (Å²) in [6.07, 6.45) is 0. The van der Waals surface area contributed by atoms with E-state index in [1.807, 2.05) is 11.3 Å². The molecule has 0 aliphatic carbocycles. The monoisotopic (exact) mass is 365 g/mol. The molecule has 0 amide bonds. The molecule has 1 atom stereocenters. The van der Waals surface area contributed by atoms with Gasteiger partial charge in [0.05, 0.1) is 6.04 Å². The lowest BCUT2D eigenvalue weighted by atomic mass is 9.81. The zero-order valence-corrected chi connectivity index (χ0v) is 15.9. The first-order valence-corrected chi connectivity index (χ1v) is 9.04. The van der Waals surface area contributed by atoms with Crippen molar-refractivity contribution in [3.63, 3.8) is 0 Å². The van der Waals surface area contributed by atoms with E-state index in [1.165, 1.54) is 25.4 Å². The second kappa shape index (κ2) is 6.64. The van der Waals surface area contributed by atoms with Crippen molar-refractivity contribution in [1.29, 1.82) is 0 Å². The van der Waals surface area contributed by atoms with Crippen molar-refractivity contribution in [3.8, 4) is 0 Å². The molecule has 2 aromatic rings. The van der Waals surface area contributed by atoms with Crippen LogP contribution < -0.4 is 5.32 Å². The number of hydrogen-bond acceptors (Lipinski definition) is 2. The Balaban J connectivity index is 2.53. The van der Waals surface area contributed by atoms with Gasteiger partial charge in [0.15, 0.2) is 0 Å². The molecule has 1 unspecified atom stereocenters. The van der Waals surface area contributed by atoms with Crippen LogP contribution in [0.1, 0.15) is 54.6 Å². The normalized spacial score (nSPS) is 13.4. The molecule has 114 valence electrons. The third-order valence-electron chi connectivity index (χ3n) is 3.65. The summed E-state index contributed by atoms with van der Waals surface area (Å²) in [5.74, 6) is 0. The molecule has 0 bridgehead atoms. The third-order valence-corrected chi connectivity index (χ3v) is 5.85. The lowest BCUT2D eigenvalue weighted by Crippen LogP contribution is -2.25. The summed E-state index contributed by atoms with van der Waals surface area (Å²) in [6, 6.07) is 11.3. The lowest BCUT2D eigenvalue weighted by Gasteiger charge is -2.27. The van der Waals surface area contributed by atoms with Crippen LogP contribution in [0.3, 0.4) is 0 Å². The predicted molar refractivity (Wildman–Crippen MR) is 97.4 cm³/mol. The lowest BCUT2D eigenvalue weighted by molar-refractivity contribution is 0.559. The summed E-state index contributed by atoms with van der Waals surface area (Å²) in [7, 11) is 0. The number of halogens is 1.